The number of carbonyl (C=O) groups excluding carboxylic acids is 1. The van der Waals surface area contributed by atoms with Gasteiger partial charge in [0.15, 0.2) is 9.84 Å². The van der Waals surface area contributed by atoms with Gasteiger partial charge in [0.25, 0.3) is 0 Å². The van der Waals surface area contributed by atoms with E-state index in [1.807, 2.05) is 13.8 Å². The summed E-state index contributed by atoms with van der Waals surface area (Å²) in [7, 11) is -2.92. The van der Waals surface area contributed by atoms with Gasteiger partial charge in [-0.25, -0.2) is 8.42 Å². The van der Waals surface area contributed by atoms with Gasteiger partial charge < -0.3 is 20.9 Å². The van der Waals surface area contributed by atoms with E-state index in [9.17, 15) is 23.1 Å². The summed E-state index contributed by atoms with van der Waals surface area (Å²) in [6.07, 6.45) is 13.2. The fourth-order valence-corrected chi connectivity index (χ4v) is 17.1. The van der Waals surface area contributed by atoms with Crippen LogP contribution in [-0.4, -0.2) is 85.7 Å². The molecule has 0 aromatic heterocycles. The number of rotatable bonds is 10. The number of ether oxygens (including phenoxy) is 1. The van der Waals surface area contributed by atoms with Crippen LogP contribution in [0.1, 0.15) is 139 Å². The Kier molecular flexibility index (Phi) is 10.8. The fraction of sp³-hybridized carbons (Fsp3) is 0.956. The molecule has 314 valence electrons. The number of carbonyl (C=O) groups is 2. The zero-order chi connectivity index (χ0) is 40.1. The molecule has 13 atom stereocenters. The maximum absolute atomic E-state index is 13.6. The SMILES string of the molecule is CC(C)[C@@H]1CC[C@]2(NCC[C@@H](CN)N3CCS(=O)(=O)CC3)CC[C@]3(C)[C@H](CC[C@@H]4[C@@]5(C)CC[C@H](OC(=O)[C@H]6C[C@@H](C(=O)O)C6(C)C)C(C)(C)[C@@H]5CC[C@]43C)[C@@H]12. The van der Waals surface area contributed by atoms with Crippen LogP contribution in [0.4, 0.5) is 0 Å². The second kappa shape index (κ2) is 14.2. The number of carboxylic acid groups (broad SMARTS) is 1. The molecule has 0 amide bonds. The zero-order valence-electron chi connectivity index (χ0n) is 35.9. The molecule has 1 heterocycles. The summed E-state index contributed by atoms with van der Waals surface area (Å²) in [6.45, 7) is 24.2. The van der Waals surface area contributed by atoms with E-state index < -0.39 is 27.1 Å². The van der Waals surface area contributed by atoms with Crippen LogP contribution in [0.25, 0.3) is 0 Å². The van der Waals surface area contributed by atoms with Gasteiger partial charge in [0, 0.05) is 36.6 Å². The average molecular weight is 788 g/mol. The number of fused-ring (bicyclic) bond motifs is 7. The van der Waals surface area contributed by atoms with E-state index in [1.54, 1.807) is 0 Å². The van der Waals surface area contributed by atoms with E-state index in [1.165, 1.54) is 51.4 Å². The highest BCUT2D eigenvalue weighted by molar-refractivity contribution is 7.91. The molecule has 1 aliphatic heterocycles. The Morgan fingerprint density at radius 2 is 1.53 bits per heavy atom. The Hall–Kier alpha value is -1.23. The molecule has 4 N–H and O–H groups in total. The van der Waals surface area contributed by atoms with Crippen LogP contribution in [0.5, 0.6) is 0 Å². The number of carboxylic acids is 1. The minimum atomic E-state index is -2.92. The number of esters is 1. The number of nitrogens with one attached hydrogen (secondary N) is 1. The van der Waals surface area contributed by atoms with Gasteiger partial charge in [-0.05, 0) is 141 Å². The van der Waals surface area contributed by atoms with Crippen LogP contribution in [0.2, 0.25) is 0 Å². The summed E-state index contributed by atoms with van der Waals surface area (Å²) in [5, 5.41) is 13.9. The van der Waals surface area contributed by atoms with Gasteiger partial charge in [-0.1, -0.05) is 62.3 Å². The van der Waals surface area contributed by atoms with Crippen molar-refractivity contribution in [2.75, 3.05) is 37.7 Å². The van der Waals surface area contributed by atoms with Gasteiger partial charge in [0.1, 0.15) is 6.10 Å². The lowest BCUT2D eigenvalue weighted by molar-refractivity contribution is -0.249. The molecule has 55 heavy (non-hydrogen) atoms. The Bertz CT molecular complexity index is 1580. The van der Waals surface area contributed by atoms with E-state index >= 15 is 0 Å². The van der Waals surface area contributed by atoms with Gasteiger partial charge >= 0.3 is 11.9 Å². The van der Waals surface area contributed by atoms with E-state index in [-0.39, 0.29) is 62.7 Å². The van der Waals surface area contributed by atoms with Crippen molar-refractivity contribution in [1.29, 1.82) is 0 Å². The molecule has 6 saturated carbocycles. The van der Waals surface area contributed by atoms with Gasteiger partial charge in [-0.3, -0.25) is 14.5 Å². The standard InChI is InChI=1S/C45H77N3O6S/c1-28(2)30-12-18-45(47-21-15-29(27-46)48-22-24-55(52,53)25-23-48)20-19-43(8)31(37(30)45)10-11-35-42(7)16-14-36(41(5,6)34(42)13-17-44(35,43)9)54-39(51)33-26-32(38(49)50)40(33,3)4/h28-37,47H,10-27,46H2,1-9H3,(H,49,50)/t29-,30-,31+,32-,33+,34-,35+,36-,37+,42-,43+,44+,45-/m0/s1. The molecule has 0 aromatic rings. The number of hydrogen-bond acceptors (Lipinski definition) is 8. The van der Waals surface area contributed by atoms with Crippen molar-refractivity contribution < 1.29 is 27.9 Å². The van der Waals surface area contributed by atoms with Crippen molar-refractivity contribution in [3.05, 3.63) is 0 Å². The number of sulfone groups is 1. The quantitative estimate of drug-likeness (QED) is 0.197. The minimum Gasteiger partial charge on any atom is -0.481 e. The van der Waals surface area contributed by atoms with Crippen LogP contribution < -0.4 is 11.1 Å². The molecular weight excluding hydrogens is 711 g/mol. The first kappa shape index (κ1) is 41.9. The molecule has 6 aliphatic carbocycles. The van der Waals surface area contributed by atoms with E-state index in [2.05, 4.69) is 58.7 Å². The Labute approximate surface area is 333 Å². The highest BCUT2D eigenvalue weighted by atomic mass is 32.2. The molecule has 0 unspecified atom stereocenters. The second-order valence-electron chi connectivity index (χ2n) is 22.4. The third-order valence-electron chi connectivity index (χ3n) is 19.5. The van der Waals surface area contributed by atoms with Crippen LogP contribution >= 0.6 is 0 Å². The second-order valence-corrected chi connectivity index (χ2v) is 24.7. The minimum absolute atomic E-state index is 0.137. The highest BCUT2D eigenvalue weighted by Crippen LogP contribution is 2.76. The predicted molar refractivity (Wildman–Crippen MR) is 218 cm³/mol. The molecule has 1 saturated heterocycles. The Morgan fingerprint density at radius 1 is 0.836 bits per heavy atom. The third-order valence-corrected chi connectivity index (χ3v) is 21.1. The van der Waals surface area contributed by atoms with Crippen molar-refractivity contribution in [2.45, 2.75) is 157 Å². The molecule has 10 heteroatoms. The van der Waals surface area contributed by atoms with Crippen molar-refractivity contribution in [3.63, 3.8) is 0 Å². The van der Waals surface area contributed by atoms with Crippen molar-refractivity contribution >= 4 is 21.8 Å². The van der Waals surface area contributed by atoms with Crippen LogP contribution in [0.15, 0.2) is 0 Å². The summed E-state index contributed by atoms with van der Waals surface area (Å²) in [5.41, 5.74) is 6.46. The molecule has 7 rings (SSSR count). The maximum atomic E-state index is 13.6. The molecule has 7 aliphatic rings. The molecule has 7 fully saturated rings. The van der Waals surface area contributed by atoms with Gasteiger partial charge in [-0.2, -0.15) is 0 Å². The number of nitrogens with two attached hydrogens (primary N) is 1. The molecule has 9 nitrogen and oxygen atoms in total. The van der Waals surface area contributed by atoms with E-state index in [4.69, 9.17) is 10.5 Å². The van der Waals surface area contributed by atoms with Crippen molar-refractivity contribution in [1.82, 2.24) is 10.2 Å². The largest absolute Gasteiger partial charge is 0.481 e. The van der Waals surface area contributed by atoms with Crippen LogP contribution in [0.3, 0.4) is 0 Å². The lowest BCUT2D eigenvalue weighted by Gasteiger charge is -2.73. The Morgan fingerprint density at radius 3 is 2.15 bits per heavy atom. The van der Waals surface area contributed by atoms with Gasteiger partial charge in [-0.15, -0.1) is 0 Å². The van der Waals surface area contributed by atoms with Gasteiger partial charge in [0.2, 0.25) is 0 Å². The first-order valence-electron chi connectivity index (χ1n) is 22.4. The zero-order valence-corrected chi connectivity index (χ0v) is 36.7. The number of nitrogens with zero attached hydrogens (tertiary/aromatic N) is 1. The lowest BCUT2D eigenvalue weighted by atomic mass is 9.32. The first-order chi connectivity index (χ1) is 25.6. The van der Waals surface area contributed by atoms with E-state index in [0.29, 0.717) is 55.6 Å². The fourth-order valence-electron chi connectivity index (χ4n) is 15.9. The maximum Gasteiger partial charge on any atom is 0.309 e. The van der Waals surface area contributed by atoms with E-state index in [0.717, 1.165) is 31.7 Å². The van der Waals surface area contributed by atoms with Crippen LogP contribution in [0, 0.1) is 74.4 Å². The monoisotopic (exact) mass is 788 g/mol. The normalized spacial score (nSPS) is 46.3. The lowest BCUT2D eigenvalue weighted by Crippen LogP contribution is -2.69. The topological polar surface area (TPSA) is 139 Å². The summed E-state index contributed by atoms with van der Waals surface area (Å²) in [5.74, 6) is 2.50. The smallest absolute Gasteiger partial charge is 0.309 e. The van der Waals surface area contributed by atoms with Crippen LogP contribution in [-0.2, 0) is 24.2 Å². The number of hydrogen-bond donors (Lipinski definition) is 3. The summed E-state index contributed by atoms with van der Waals surface area (Å²) < 4.78 is 30.7. The summed E-state index contributed by atoms with van der Waals surface area (Å²) in [6, 6.07) is 0.219. The Balaban J connectivity index is 1.07. The predicted octanol–water partition coefficient (Wildman–Crippen LogP) is 7.17. The molecule has 0 radical (unpaired) electrons. The third kappa shape index (κ3) is 6.49. The summed E-state index contributed by atoms with van der Waals surface area (Å²) in [4.78, 5) is 27.7. The molecule has 0 bridgehead atoms. The highest BCUT2D eigenvalue weighted by Gasteiger charge is 2.71. The molecule has 0 spiro atoms. The number of aliphatic carboxylic acids is 1. The first-order valence-corrected chi connectivity index (χ1v) is 24.2. The van der Waals surface area contributed by atoms with Crippen molar-refractivity contribution in [2.24, 2.45) is 80.2 Å². The molecule has 0 aromatic carbocycles. The summed E-state index contributed by atoms with van der Waals surface area (Å²) >= 11 is 0. The molecular formula is C45H77N3O6S. The van der Waals surface area contributed by atoms with Crippen molar-refractivity contribution in [3.8, 4) is 0 Å². The average Bonchev–Trinajstić information content (AvgIpc) is 3.48. The van der Waals surface area contributed by atoms with Gasteiger partial charge in [0.05, 0.1) is 23.3 Å².